The molecule has 0 radical (unpaired) electrons. The molecule has 86 valence electrons. The first kappa shape index (κ1) is 11.3. The van der Waals surface area contributed by atoms with E-state index in [1.165, 1.54) is 0 Å². The first-order valence-corrected chi connectivity index (χ1v) is 6.47. The fourth-order valence-corrected chi connectivity index (χ4v) is 2.78. The van der Waals surface area contributed by atoms with Gasteiger partial charge in [0, 0.05) is 30.6 Å². The van der Waals surface area contributed by atoms with E-state index in [0.29, 0.717) is 17.4 Å². The Morgan fingerprint density at radius 2 is 2.50 bits per heavy atom. The highest BCUT2D eigenvalue weighted by molar-refractivity contribution is 7.99. The quantitative estimate of drug-likeness (QED) is 0.833. The van der Waals surface area contributed by atoms with Crippen LogP contribution in [-0.4, -0.2) is 35.5 Å². The zero-order valence-electron chi connectivity index (χ0n) is 9.19. The predicted octanol–water partition coefficient (Wildman–Crippen LogP) is 1.36. The minimum atomic E-state index is -0.00796. The van der Waals surface area contributed by atoms with Gasteiger partial charge in [-0.2, -0.15) is 11.8 Å². The molecule has 0 spiro atoms. The minimum absolute atomic E-state index is 0.00796. The summed E-state index contributed by atoms with van der Waals surface area (Å²) < 4.78 is 0. The molecule has 4 nitrogen and oxygen atoms in total. The van der Waals surface area contributed by atoms with Crippen molar-refractivity contribution in [2.45, 2.75) is 12.5 Å². The minimum Gasteiger partial charge on any atom is -0.373 e. The molecule has 0 aliphatic carbocycles. The number of hydrogen-bond donors (Lipinski definition) is 2. The van der Waals surface area contributed by atoms with Gasteiger partial charge in [0.2, 0.25) is 0 Å². The first-order chi connectivity index (χ1) is 7.79. The molecular weight excluding hydrogens is 222 g/mol. The van der Waals surface area contributed by atoms with Crippen LogP contribution in [0.4, 0.5) is 5.82 Å². The number of carbonyl (C=O) groups is 1. The summed E-state index contributed by atoms with van der Waals surface area (Å²) in [5.41, 5.74) is 0.663. The highest BCUT2D eigenvalue weighted by Gasteiger charge is 2.18. The highest BCUT2D eigenvalue weighted by atomic mass is 32.2. The topological polar surface area (TPSA) is 54.0 Å². The molecule has 1 aromatic rings. The molecule has 1 atom stereocenters. The lowest BCUT2D eigenvalue weighted by molar-refractivity contribution is 0.0941. The number of nitrogens with one attached hydrogen (secondary N) is 2. The molecule has 16 heavy (non-hydrogen) atoms. The number of nitrogens with zero attached hydrogens (tertiary/aromatic N) is 1. The summed E-state index contributed by atoms with van der Waals surface area (Å²) in [7, 11) is 1.79. The second kappa shape index (κ2) is 5.21. The maximum Gasteiger partial charge on any atom is 0.251 e. The van der Waals surface area contributed by atoms with Crippen molar-refractivity contribution in [3.05, 3.63) is 23.9 Å². The third-order valence-corrected chi connectivity index (χ3v) is 3.71. The molecule has 1 aliphatic rings. The van der Waals surface area contributed by atoms with Crippen molar-refractivity contribution < 1.29 is 4.79 Å². The van der Waals surface area contributed by atoms with Crippen molar-refractivity contribution in [2.24, 2.45) is 0 Å². The smallest absolute Gasteiger partial charge is 0.251 e. The van der Waals surface area contributed by atoms with Gasteiger partial charge in [-0.3, -0.25) is 4.79 Å². The molecule has 5 heteroatoms. The van der Waals surface area contributed by atoms with E-state index in [0.717, 1.165) is 17.9 Å². The highest BCUT2D eigenvalue weighted by Crippen LogP contribution is 2.17. The maximum atomic E-state index is 11.9. The summed E-state index contributed by atoms with van der Waals surface area (Å²) in [6.07, 6.45) is 2.71. The Balaban J connectivity index is 2.01. The molecule has 0 saturated carbocycles. The Bertz CT molecular complexity index is 377. The van der Waals surface area contributed by atoms with Crippen LogP contribution < -0.4 is 10.6 Å². The van der Waals surface area contributed by atoms with Crippen LogP contribution in [0.2, 0.25) is 0 Å². The molecule has 1 aromatic heterocycles. The number of rotatable bonds is 3. The third kappa shape index (κ3) is 2.66. The molecule has 1 saturated heterocycles. The molecule has 0 bridgehead atoms. The SMILES string of the molecule is CNc1cc(C(=O)NC2CCSC2)ccn1. The average Bonchev–Trinajstić information content (AvgIpc) is 2.82. The lowest BCUT2D eigenvalue weighted by Gasteiger charge is -2.11. The molecule has 1 amide bonds. The van der Waals surface area contributed by atoms with E-state index in [-0.39, 0.29) is 5.91 Å². The van der Waals surface area contributed by atoms with Gasteiger partial charge in [0.25, 0.3) is 5.91 Å². The van der Waals surface area contributed by atoms with Gasteiger partial charge in [-0.05, 0) is 24.3 Å². The molecule has 1 aliphatic heterocycles. The summed E-state index contributed by atoms with van der Waals surface area (Å²) in [5, 5.41) is 5.95. The Morgan fingerprint density at radius 3 is 3.19 bits per heavy atom. The van der Waals surface area contributed by atoms with E-state index >= 15 is 0 Å². The molecule has 1 unspecified atom stereocenters. The summed E-state index contributed by atoms with van der Waals surface area (Å²) in [6.45, 7) is 0. The number of aromatic nitrogens is 1. The number of anilines is 1. The molecule has 2 rings (SSSR count). The normalized spacial score (nSPS) is 19.4. The maximum absolute atomic E-state index is 11.9. The monoisotopic (exact) mass is 237 g/mol. The van der Waals surface area contributed by atoms with Crippen molar-refractivity contribution >= 4 is 23.5 Å². The van der Waals surface area contributed by atoms with Gasteiger partial charge in [0.15, 0.2) is 0 Å². The van der Waals surface area contributed by atoms with Gasteiger partial charge in [-0.1, -0.05) is 0 Å². The van der Waals surface area contributed by atoms with Crippen LogP contribution in [0.3, 0.4) is 0 Å². The average molecular weight is 237 g/mol. The molecule has 2 heterocycles. The fraction of sp³-hybridized carbons (Fsp3) is 0.455. The van der Waals surface area contributed by atoms with Crippen molar-refractivity contribution in [3.8, 4) is 0 Å². The van der Waals surface area contributed by atoms with Gasteiger partial charge < -0.3 is 10.6 Å². The zero-order chi connectivity index (χ0) is 11.4. The van der Waals surface area contributed by atoms with E-state index in [4.69, 9.17) is 0 Å². The second-order valence-corrected chi connectivity index (χ2v) is 4.86. The molecular formula is C11H15N3OS. The Hall–Kier alpha value is -1.23. The van der Waals surface area contributed by atoms with Gasteiger partial charge in [-0.15, -0.1) is 0 Å². The van der Waals surface area contributed by atoms with Gasteiger partial charge in [-0.25, -0.2) is 4.98 Å². The van der Waals surface area contributed by atoms with Crippen LogP contribution in [0.5, 0.6) is 0 Å². The van der Waals surface area contributed by atoms with E-state index in [1.54, 1.807) is 25.4 Å². The van der Waals surface area contributed by atoms with Crippen molar-refractivity contribution in [2.75, 3.05) is 23.9 Å². The first-order valence-electron chi connectivity index (χ1n) is 5.32. The Kier molecular flexibility index (Phi) is 3.66. The lowest BCUT2D eigenvalue weighted by atomic mass is 10.2. The number of amides is 1. The number of carbonyl (C=O) groups excluding carboxylic acids is 1. The predicted molar refractivity (Wildman–Crippen MR) is 67.0 cm³/mol. The summed E-state index contributed by atoms with van der Waals surface area (Å²) in [6, 6.07) is 3.82. The number of thioether (sulfide) groups is 1. The van der Waals surface area contributed by atoms with E-state index < -0.39 is 0 Å². The van der Waals surface area contributed by atoms with Crippen LogP contribution >= 0.6 is 11.8 Å². The Labute approximate surface area is 99.2 Å². The Morgan fingerprint density at radius 1 is 1.62 bits per heavy atom. The standard InChI is InChI=1S/C11H15N3OS/c1-12-10-6-8(2-4-13-10)11(15)14-9-3-5-16-7-9/h2,4,6,9H,3,5,7H2,1H3,(H,12,13)(H,14,15). The van der Waals surface area contributed by atoms with Crippen LogP contribution in [0.25, 0.3) is 0 Å². The van der Waals surface area contributed by atoms with Gasteiger partial charge in [0.1, 0.15) is 5.82 Å². The van der Waals surface area contributed by atoms with E-state index in [2.05, 4.69) is 15.6 Å². The summed E-state index contributed by atoms with van der Waals surface area (Å²) in [4.78, 5) is 16.0. The van der Waals surface area contributed by atoms with Crippen molar-refractivity contribution in [3.63, 3.8) is 0 Å². The largest absolute Gasteiger partial charge is 0.373 e. The van der Waals surface area contributed by atoms with Crippen LogP contribution in [0.1, 0.15) is 16.8 Å². The zero-order valence-corrected chi connectivity index (χ0v) is 10.0. The van der Waals surface area contributed by atoms with Crippen LogP contribution in [-0.2, 0) is 0 Å². The molecule has 0 aromatic carbocycles. The fourth-order valence-electron chi connectivity index (χ4n) is 1.63. The van der Waals surface area contributed by atoms with Crippen LogP contribution in [0, 0.1) is 0 Å². The van der Waals surface area contributed by atoms with Gasteiger partial charge in [0.05, 0.1) is 0 Å². The molecule has 2 N–H and O–H groups in total. The molecule has 1 fully saturated rings. The van der Waals surface area contributed by atoms with Crippen molar-refractivity contribution in [1.82, 2.24) is 10.3 Å². The third-order valence-electron chi connectivity index (χ3n) is 2.54. The van der Waals surface area contributed by atoms with E-state index in [9.17, 15) is 4.79 Å². The summed E-state index contributed by atoms with van der Waals surface area (Å²) in [5.74, 6) is 2.87. The van der Waals surface area contributed by atoms with Crippen LogP contribution in [0.15, 0.2) is 18.3 Å². The van der Waals surface area contributed by atoms with E-state index in [1.807, 2.05) is 11.8 Å². The summed E-state index contributed by atoms with van der Waals surface area (Å²) >= 11 is 1.89. The van der Waals surface area contributed by atoms with Crippen molar-refractivity contribution in [1.29, 1.82) is 0 Å². The number of pyridine rings is 1. The van der Waals surface area contributed by atoms with Gasteiger partial charge >= 0.3 is 0 Å². The number of hydrogen-bond acceptors (Lipinski definition) is 4. The second-order valence-electron chi connectivity index (χ2n) is 3.71. The lowest BCUT2D eigenvalue weighted by Crippen LogP contribution is -2.34.